The van der Waals surface area contributed by atoms with Crippen molar-refractivity contribution in [3.05, 3.63) is 95.3 Å². The van der Waals surface area contributed by atoms with Gasteiger partial charge in [0.1, 0.15) is 18.4 Å². The molecule has 43 heavy (non-hydrogen) atoms. The first kappa shape index (κ1) is 31.5. The zero-order valence-electron chi connectivity index (χ0n) is 24.5. The average Bonchev–Trinajstić information content (AvgIpc) is 3.01. The zero-order valence-corrected chi connectivity index (χ0v) is 24.5. The van der Waals surface area contributed by atoms with Gasteiger partial charge in [0, 0.05) is 32.4 Å². The summed E-state index contributed by atoms with van der Waals surface area (Å²) in [5.74, 6) is -0.879. The predicted molar refractivity (Wildman–Crippen MR) is 160 cm³/mol. The Morgan fingerprint density at radius 2 is 1.65 bits per heavy atom. The fraction of sp³-hybridized carbons (Fsp3) is 0.382. The number of carbonyl (C=O) groups is 3. The maximum atomic E-state index is 14.1. The molecule has 0 bridgehead atoms. The molecule has 0 spiro atoms. The molecule has 0 aromatic heterocycles. The molecule has 1 saturated heterocycles. The molecule has 9 heteroatoms. The van der Waals surface area contributed by atoms with Gasteiger partial charge in [-0.3, -0.25) is 9.59 Å². The summed E-state index contributed by atoms with van der Waals surface area (Å²) >= 11 is 0. The smallest absolute Gasteiger partial charge is 0.326 e. The van der Waals surface area contributed by atoms with Crippen molar-refractivity contribution in [1.29, 1.82) is 0 Å². The Morgan fingerprint density at radius 1 is 0.953 bits per heavy atom. The Kier molecular flexibility index (Phi) is 11.5. The van der Waals surface area contributed by atoms with E-state index in [1.165, 1.54) is 6.07 Å². The number of nitrogens with one attached hydrogen (secondary N) is 1. The molecule has 3 aromatic rings. The molecule has 0 aliphatic carbocycles. The van der Waals surface area contributed by atoms with E-state index in [-0.39, 0.29) is 42.7 Å². The van der Waals surface area contributed by atoms with Gasteiger partial charge in [0.25, 0.3) is 0 Å². The van der Waals surface area contributed by atoms with E-state index in [4.69, 9.17) is 9.47 Å². The second-order valence-electron chi connectivity index (χ2n) is 10.8. The van der Waals surface area contributed by atoms with Gasteiger partial charge >= 0.3 is 5.97 Å². The van der Waals surface area contributed by atoms with Gasteiger partial charge < -0.3 is 24.8 Å². The summed E-state index contributed by atoms with van der Waals surface area (Å²) in [6.07, 6.45) is 2.41. The summed E-state index contributed by atoms with van der Waals surface area (Å²) in [6.45, 7) is 3.68. The molecule has 2 amide bonds. The van der Waals surface area contributed by atoms with Crippen molar-refractivity contribution in [1.82, 2.24) is 10.2 Å². The van der Waals surface area contributed by atoms with Gasteiger partial charge in [0.05, 0.1) is 6.61 Å². The molecule has 1 heterocycles. The monoisotopic (exact) mass is 590 g/mol. The van der Waals surface area contributed by atoms with Crippen molar-refractivity contribution < 1.29 is 33.4 Å². The summed E-state index contributed by atoms with van der Waals surface area (Å²) < 4.78 is 25.1. The Labute approximate surface area is 251 Å². The minimum atomic E-state index is -1.09. The largest absolute Gasteiger partial charge is 0.491 e. The Bertz CT molecular complexity index is 1360. The number of halogens is 1. The van der Waals surface area contributed by atoms with E-state index >= 15 is 0 Å². The molecule has 0 saturated carbocycles. The van der Waals surface area contributed by atoms with Crippen LogP contribution in [0.5, 0.6) is 11.5 Å². The van der Waals surface area contributed by atoms with Gasteiger partial charge in [-0.2, -0.15) is 0 Å². The van der Waals surface area contributed by atoms with Crippen LogP contribution in [0.3, 0.4) is 0 Å². The van der Waals surface area contributed by atoms with Gasteiger partial charge in [-0.05, 0) is 73.1 Å². The minimum absolute atomic E-state index is 0.000352. The summed E-state index contributed by atoms with van der Waals surface area (Å²) in [5, 5.41) is 12.4. The van der Waals surface area contributed by atoms with Crippen LogP contribution in [0, 0.1) is 11.7 Å². The number of hydrogen-bond acceptors (Lipinski definition) is 5. The number of benzene rings is 3. The summed E-state index contributed by atoms with van der Waals surface area (Å²) in [7, 11) is 0. The highest BCUT2D eigenvalue weighted by Gasteiger charge is 2.26. The Hall–Kier alpha value is -4.40. The van der Waals surface area contributed by atoms with Crippen LogP contribution in [0.2, 0.25) is 0 Å². The molecule has 1 aliphatic rings. The molecule has 8 nitrogen and oxygen atoms in total. The van der Waals surface area contributed by atoms with Crippen molar-refractivity contribution in [2.75, 3.05) is 19.7 Å². The van der Waals surface area contributed by atoms with E-state index in [1.54, 1.807) is 36.1 Å². The first-order valence-corrected chi connectivity index (χ1v) is 14.8. The molecular formula is C34H39FN2O6. The minimum Gasteiger partial charge on any atom is -0.491 e. The maximum Gasteiger partial charge on any atom is 0.326 e. The zero-order chi connectivity index (χ0) is 30.6. The topological polar surface area (TPSA) is 105 Å². The molecule has 1 fully saturated rings. The van der Waals surface area contributed by atoms with Crippen molar-refractivity contribution in [3.8, 4) is 11.5 Å². The van der Waals surface area contributed by atoms with Crippen LogP contribution < -0.4 is 14.8 Å². The third-order valence-corrected chi connectivity index (χ3v) is 7.61. The molecule has 1 aliphatic heterocycles. The highest BCUT2D eigenvalue weighted by molar-refractivity contribution is 5.84. The van der Waals surface area contributed by atoms with Crippen LogP contribution in [0.1, 0.15) is 49.3 Å². The lowest BCUT2D eigenvalue weighted by molar-refractivity contribution is -0.142. The number of aryl methyl sites for hydroxylation is 1. The molecule has 1 unspecified atom stereocenters. The number of nitrogens with zero attached hydrogens (tertiary/aromatic N) is 1. The van der Waals surface area contributed by atoms with Crippen LogP contribution in [0.4, 0.5) is 4.39 Å². The van der Waals surface area contributed by atoms with Crippen LogP contribution in [-0.2, 0) is 33.8 Å². The number of carbonyl (C=O) groups excluding carboxylic acids is 2. The van der Waals surface area contributed by atoms with Crippen LogP contribution in [0.15, 0.2) is 72.8 Å². The number of amides is 2. The molecule has 228 valence electrons. The molecular weight excluding hydrogens is 551 g/mol. The maximum absolute atomic E-state index is 14.1. The van der Waals surface area contributed by atoms with E-state index in [1.807, 2.05) is 42.5 Å². The van der Waals surface area contributed by atoms with Crippen LogP contribution in [0.25, 0.3) is 0 Å². The van der Waals surface area contributed by atoms with Crippen LogP contribution >= 0.6 is 0 Å². The van der Waals surface area contributed by atoms with E-state index in [0.29, 0.717) is 51.3 Å². The van der Waals surface area contributed by atoms with Crippen molar-refractivity contribution in [2.45, 2.75) is 58.1 Å². The first-order chi connectivity index (χ1) is 20.8. The van der Waals surface area contributed by atoms with E-state index in [2.05, 4.69) is 5.32 Å². The molecule has 1 atom stereocenters. The summed E-state index contributed by atoms with van der Waals surface area (Å²) in [6, 6.07) is 20.7. The number of likely N-dealkylation sites (tertiary alicyclic amines) is 1. The fourth-order valence-electron chi connectivity index (χ4n) is 5.18. The van der Waals surface area contributed by atoms with Gasteiger partial charge in [0.2, 0.25) is 11.8 Å². The molecule has 0 radical (unpaired) electrons. The number of carboxylic acids is 1. The third-order valence-electron chi connectivity index (χ3n) is 7.61. The summed E-state index contributed by atoms with van der Waals surface area (Å²) in [5.41, 5.74) is 2.57. The van der Waals surface area contributed by atoms with Gasteiger partial charge in [0.15, 0.2) is 11.6 Å². The van der Waals surface area contributed by atoms with Gasteiger partial charge in [-0.25, -0.2) is 9.18 Å². The lowest BCUT2D eigenvalue weighted by atomic mass is 9.92. The van der Waals surface area contributed by atoms with E-state index < -0.39 is 17.8 Å². The number of rotatable bonds is 14. The highest BCUT2D eigenvalue weighted by Crippen LogP contribution is 2.23. The molecule has 2 N–H and O–H groups in total. The van der Waals surface area contributed by atoms with Crippen molar-refractivity contribution in [3.63, 3.8) is 0 Å². The second kappa shape index (κ2) is 15.7. The van der Waals surface area contributed by atoms with Crippen molar-refractivity contribution in [2.24, 2.45) is 5.92 Å². The van der Waals surface area contributed by atoms with Gasteiger partial charge in [-0.15, -0.1) is 0 Å². The lowest BCUT2D eigenvalue weighted by Gasteiger charge is -2.32. The summed E-state index contributed by atoms with van der Waals surface area (Å²) in [4.78, 5) is 39.1. The second-order valence-corrected chi connectivity index (χ2v) is 10.8. The standard InChI is InChI=1S/C34H39FN2O6/c1-2-42-31-14-10-24(20-29(31)35)11-15-33(39)37-18-16-26(17-19-37)22-32(38)36-30(34(40)41)21-25-8-12-28(13-9-25)43-23-27-6-4-3-5-7-27/h3-10,12-14,20,26,30H,2,11,15-19,21-23H2,1H3,(H,36,38)(H,40,41). The number of carboxylic acid groups (broad SMARTS) is 1. The van der Waals surface area contributed by atoms with E-state index in [9.17, 15) is 23.9 Å². The normalized spacial score (nSPS) is 14.1. The first-order valence-electron chi connectivity index (χ1n) is 14.8. The molecule has 4 rings (SSSR count). The predicted octanol–water partition coefficient (Wildman–Crippen LogP) is 5.18. The Morgan fingerprint density at radius 3 is 2.30 bits per heavy atom. The van der Waals surface area contributed by atoms with Gasteiger partial charge in [-0.1, -0.05) is 48.5 Å². The number of aliphatic carboxylic acids is 1. The average molecular weight is 591 g/mol. The SMILES string of the molecule is CCOc1ccc(CCC(=O)N2CCC(CC(=O)NC(Cc3ccc(OCc4ccccc4)cc3)C(=O)O)CC2)cc1F. The van der Waals surface area contributed by atoms with Crippen molar-refractivity contribution >= 4 is 17.8 Å². The fourth-order valence-corrected chi connectivity index (χ4v) is 5.18. The number of hydrogen-bond donors (Lipinski definition) is 2. The lowest BCUT2D eigenvalue weighted by Crippen LogP contribution is -2.44. The Balaban J connectivity index is 1.18. The van der Waals surface area contributed by atoms with E-state index in [0.717, 1.165) is 16.7 Å². The quantitative estimate of drug-likeness (QED) is 0.268. The molecule has 3 aromatic carbocycles. The highest BCUT2D eigenvalue weighted by atomic mass is 19.1. The third kappa shape index (κ3) is 9.84. The number of piperidine rings is 1. The van der Waals surface area contributed by atoms with Crippen LogP contribution in [-0.4, -0.2) is 53.5 Å². The number of ether oxygens (including phenoxy) is 2.